The number of carbonyl (C=O) groups is 1. The summed E-state index contributed by atoms with van der Waals surface area (Å²) in [6.07, 6.45) is 4.65. The maximum atomic E-state index is 12.6. The Labute approximate surface area is 117 Å². The number of benzene rings is 1. The molecule has 1 heterocycles. The van der Waals surface area contributed by atoms with Gasteiger partial charge >= 0.3 is 0 Å². The van der Waals surface area contributed by atoms with E-state index in [1.165, 1.54) is 0 Å². The highest BCUT2D eigenvalue weighted by molar-refractivity contribution is 9.10. The molecule has 98 valence electrons. The van der Waals surface area contributed by atoms with E-state index in [9.17, 15) is 4.79 Å². The highest BCUT2D eigenvalue weighted by Crippen LogP contribution is 2.27. The molecule has 1 fully saturated rings. The predicted octanol–water partition coefficient (Wildman–Crippen LogP) is 3.48. The van der Waals surface area contributed by atoms with E-state index in [-0.39, 0.29) is 5.54 Å². The van der Waals surface area contributed by atoms with Crippen LogP contribution in [0, 0.1) is 0 Å². The van der Waals surface area contributed by atoms with Gasteiger partial charge in [-0.05, 0) is 43.5 Å². The first-order valence-electron chi connectivity index (χ1n) is 6.69. The molecular formula is C15H20BrNO. The summed E-state index contributed by atoms with van der Waals surface area (Å²) in [7, 11) is 0. The minimum absolute atomic E-state index is 0.253. The molecule has 0 aromatic heterocycles. The van der Waals surface area contributed by atoms with E-state index >= 15 is 0 Å². The van der Waals surface area contributed by atoms with E-state index in [1.54, 1.807) is 0 Å². The molecule has 2 nitrogen and oxygen atoms in total. The smallest absolute Gasteiger partial charge is 0.157 e. The molecular weight excluding hydrogens is 290 g/mol. The third kappa shape index (κ3) is 3.01. The van der Waals surface area contributed by atoms with E-state index in [0.29, 0.717) is 12.2 Å². The quantitative estimate of drug-likeness (QED) is 0.902. The first-order valence-corrected chi connectivity index (χ1v) is 7.48. The van der Waals surface area contributed by atoms with Gasteiger partial charge in [0.05, 0.1) is 5.54 Å². The van der Waals surface area contributed by atoms with Crippen LogP contribution < -0.4 is 5.32 Å². The fourth-order valence-electron chi connectivity index (χ4n) is 2.83. The number of nitrogens with one attached hydrogen (secondary N) is 1. The average Bonchev–Trinajstić information content (AvgIpc) is 2.79. The van der Waals surface area contributed by atoms with Crippen molar-refractivity contribution in [3.63, 3.8) is 0 Å². The molecule has 0 aliphatic carbocycles. The summed E-state index contributed by atoms with van der Waals surface area (Å²) in [5.74, 6) is 0.347. The lowest BCUT2D eigenvalue weighted by atomic mass is 9.84. The minimum Gasteiger partial charge on any atom is -0.305 e. The largest absolute Gasteiger partial charge is 0.305 e. The Kier molecular flexibility index (Phi) is 4.57. The number of hydrogen-bond donors (Lipinski definition) is 1. The second-order valence-corrected chi connectivity index (χ2v) is 6.01. The lowest BCUT2D eigenvalue weighted by Crippen LogP contribution is -2.48. The molecule has 18 heavy (non-hydrogen) atoms. The molecule has 0 radical (unpaired) electrons. The van der Waals surface area contributed by atoms with E-state index in [4.69, 9.17) is 0 Å². The van der Waals surface area contributed by atoms with Crippen molar-refractivity contribution < 1.29 is 4.79 Å². The normalized spacial score (nSPS) is 23.2. The highest BCUT2D eigenvalue weighted by Gasteiger charge is 2.39. The summed E-state index contributed by atoms with van der Waals surface area (Å²) in [4.78, 5) is 12.6. The zero-order valence-corrected chi connectivity index (χ0v) is 12.4. The second kappa shape index (κ2) is 5.98. The van der Waals surface area contributed by atoms with Crippen molar-refractivity contribution in [2.75, 3.05) is 6.54 Å². The maximum absolute atomic E-state index is 12.6. The number of carbonyl (C=O) groups excluding carboxylic acids is 1. The summed E-state index contributed by atoms with van der Waals surface area (Å²) >= 11 is 3.45. The van der Waals surface area contributed by atoms with Crippen LogP contribution in [0.25, 0.3) is 0 Å². The SMILES string of the molecule is CCCC1(C(=O)Cc2cccc(Br)c2)CCCN1. The van der Waals surface area contributed by atoms with E-state index in [2.05, 4.69) is 28.2 Å². The number of ketones is 1. The zero-order chi connectivity index (χ0) is 13.0. The lowest BCUT2D eigenvalue weighted by molar-refractivity contribution is -0.124. The van der Waals surface area contributed by atoms with Crippen molar-refractivity contribution in [1.29, 1.82) is 0 Å². The molecule has 1 atom stereocenters. The Hall–Kier alpha value is -0.670. The van der Waals surface area contributed by atoms with E-state index in [1.807, 2.05) is 24.3 Å². The Bertz CT molecular complexity index is 424. The van der Waals surface area contributed by atoms with Gasteiger partial charge in [-0.3, -0.25) is 4.79 Å². The first kappa shape index (κ1) is 13.8. The molecule has 3 heteroatoms. The van der Waals surface area contributed by atoms with E-state index in [0.717, 1.165) is 42.3 Å². The lowest BCUT2D eigenvalue weighted by Gasteiger charge is -2.27. The van der Waals surface area contributed by atoms with Crippen molar-refractivity contribution in [3.05, 3.63) is 34.3 Å². The topological polar surface area (TPSA) is 29.1 Å². The van der Waals surface area contributed by atoms with Crippen LogP contribution in [-0.4, -0.2) is 17.9 Å². The van der Waals surface area contributed by atoms with Crippen LogP contribution in [0.4, 0.5) is 0 Å². The number of hydrogen-bond acceptors (Lipinski definition) is 2. The number of rotatable bonds is 5. The van der Waals surface area contributed by atoms with Crippen LogP contribution in [0.3, 0.4) is 0 Å². The van der Waals surface area contributed by atoms with Gasteiger partial charge in [0.25, 0.3) is 0 Å². The Morgan fingerprint density at radius 3 is 2.94 bits per heavy atom. The molecule has 2 rings (SSSR count). The van der Waals surface area contributed by atoms with Gasteiger partial charge < -0.3 is 5.32 Å². The van der Waals surface area contributed by atoms with Gasteiger partial charge in [-0.15, -0.1) is 0 Å². The molecule has 1 aliphatic heterocycles. The van der Waals surface area contributed by atoms with Crippen LogP contribution >= 0.6 is 15.9 Å². The molecule has 0 amide bonds. The van der Waals surface area contributed by atoms with Crippen molar-refractivity contribution in [2.24, 2.45) is 0 Å². The molecule has 1 aliphatic rings. The molecule has 0 spiro atoms. The number of halogens is 1. The predicted molar refractivity (Wildman–Crippen MR) is 77.7 cm³/mol. The Balaban J connectivity index is 2.10. The van der Waals surface area contributed by atoms with Crippen LogP contribution in [0.15, 0.2) is 28.7 Å². The molecule has 1 saturated heterocycles. The van der Waals surface area contributed by atoms with E-state index < -0.39 is 0 Å². The number of Topliss-reactive ketones (excluding diaryl/α,β-unsaturated/α-hetero) is 1. The van der Waals surface area contributed by atoms with Gasteiger partial charge in [0.1, 0.15) is 0 Å². The maximum Gasteiger partial charge on any atom is 0.157 e. The second-order valence-electron chi connectivity index (χ2n) is 5.09. The van der Waals surface area contributed by atoms with Crippen LogP contribution in [-0.2, 0) is 11.2 Å². The van der Waals surface area contributed by atoms with Gasteiger partial charge in [0, 0.05) is 10.9 Å². The molecule has 1 N–H and O–H groups in total. The monoisotopic (exact) mass is 309 g/mol. The molecule has 0 bridgehead atoms. The third-order valence-corrected chi connectivity index (χ3v) is 4.20. The third-order valence-electron chi connectivity index (χ3n) is 3.71. The zero-order valence-electron chi connectivity index (χ0n) is 10.8. The fraction of sp³-hybridized carbons (Fsp3) is 0.533. The highest BCUT2D eigenvalue weighted by atomic mass is 79.9. The summed E-state index contributed by atoms with van der Waals surface area (Å²) in [6, 6.07) is 8.04. The Morgan fingerprint density at radius 2 is 2.33 bits per heavy atom. The summed E-state index contributed by atoms with van der Waals surface area (Å²) in [5.41, 5.74) is 0.843. The van der Waals surface area contributed by atoms with Crippen molar-refractivity contribution in [2.45, 2.75) is 44.6 Å². The van der Waals surface area contributed by atoms with Crippen LogP contribution in [0.1, 0.15) is 38.2 Å². The van der Waals surface area contributed by atoms with Crippen LogP contribution in [0.5, 0.6) is 0 Å². The standard InChI is InChI=1S/C15H20BrNO/c1-2-7-15(8-4-9-17-15)14(18)11-12-5-3-6-13(16)10-12/h3,5-6,10,17H,2,4,7-9,11H2,1H3. The molecule has 0 saturated carbocycles. The molecule has 1 unspecified atom stereocenters. The van der Waals surface area contributed by atoms with Crippen LogP contribution in [0.2, 0.25) is 0 Å². The van der Waals surface area contributed by atoms with Gasteiger partial charge in [0.15, 0.2) is 5.78 Å². The van der Waals surface area contributed by atoms with Gasteiger partial charge in [0.2, 0.25) is 0 Å². The van der Waals surface area contributed by atoms with Crippen molar-refractivity contribution in [1.82, 2.24) is 5.32 Å². The minimum atomic E-state index is -0.253. The molecule has 1 aromatic carbocycles. The van der Waals surface area contributed by atoms with Gasteiger partial charge in [-0.1, -0.05) is 41.4 Å². The Morgan fingerprint density at radius 1 is 1.50 bits per heavy atom. The average molecular weight is 310 g/mol. The van der Waals surface area contributed by atoms with Crippen molar-refractivity contribution >= 4 is 21.7 Å². The van der Waals surface area contributed by atoms with Gasteiger partial charge in [-0.25, -0.2) is 0 Å². The van der Waals surface area contributed by atoms with Crippen molar-refractivity contribution in [3.8, 4) is 0 Å². The summed E-state index contributed by atoms with van der Waals surface area (Å²) in [6.45, 7) is 3.12. The summed E-state index contributed by atoms with van der Waals surface area (Å²) in [5, 5.41) is 3.44. The summed E-state index contributed by atoms with van der Waals surface area (Å²) < 4.78 is 1.04. The fourth-order valence-corrected chi connectivity index (χ4v) is 3.27. The first-order chi connectivity index (χ1) is 8.66. The molecule has 1 aromatic rings. The van der Waals surface area contributed by atoms with Gasteiger partial charge in [-0.2, -0.15) is 0 Å².